The normalized spacial score (nSPS) is 12.0. The quantitative estimate of drug-likeness (QED) is 0.517. The van der Waals surface area contributed by atoms with Crippen molar-refractivity contribution in [1.82, 2.24) is 15.0 Å². The molecule has 4 aromatic rings. The highest BCUT2D eigenvalue weighted by Crippen LogP contribution is 2.30. The molecule has 1 aromatic carbocycles. The Bertz CT molecular complexity index is 1270. The fourth-order valence-electron chi connectivity index (χ4n) is 2.62. The van der Waals surface area contributed by atoms with Gasteiger partial charge in [0.25, 0.3) is 10.0 Å². The van der Waals surface area contributed by atoms with Gasteiger partial charge in [-0.2, -0.15) is 9.37 Å². The first-order chi connectivity index (χ1) is 12.4. The Balaban J connectivity index is 1.84. The molecule has 0 saturated heterocycles. The number of nitrogens with one attached hydrogen (secondary N) is 2. The van der Waals surface area contributed by atoms with Crippen LogP contribution in [0.25, 0.3) is 21.8 Å². The van der Waals surface area contributed by atoms with Gasteiger partial charge in [0.05, 0.1) is 16.1 Å². The van der Waals surface area contributed by atoms with Crippen molar-refractivity contribution in [3.05, 3.63) is 59.5 Å². The largest absolute Gasteiger partial charge is 0.359 e. The van der Waals surface area contributed by atoms with Gasteiger partial charge in [0.2, 0.25) is 5.95 Å². The van der Waals surface area contributed by atoms with E-state index in [0.717, 1.165) is 11.6 Å². The van der Waals surface area contributed by atoms with Crippen LogP contribution in [0.2, 0.25) is 5.02 Å². The fraction of sp³-hybridized carbons (Fsp3) is 0. The van der Waals surface area contributed by atoms with Crippen molar-refractivity contribution < 1.29 is 17.2 Å². The lowest BCUT2D eigenvalue weighted by atomic mass is 10.1. The van der Waals surface area contributed by atoms with Gasteiger partial charge in [0.1, 0.15) is 4.90 Å². The molecule has 0 unspecified atom stereocenters. The van der Waals surface area contributed by atoms with Crippen LogP contribution in [-0.4, -0.2) is 23.4 Å². The Morgan fingerprint density at radius 3 is 2.81 bits per heavy atom. The zero-order valence-corrected chi connectivity index (χ0v) is 14.4. The lowest BCUT2D eigenvalue weighted by molar-refractivity contribution is 0.564. The fourth-order valence-corrected chi connectivity index (χ4v) is 3.91. The second kappa shape index (κ2) is 5.89. The van der Waals surface area contributed by atoms with Crippen molar-refractivity contribution in [3.63, 3.8) is 0 Å². The minimum absolute atomic E-state index is 0.178. The summed E-state index contributed by atoms with van der Waals surface area (Å²) in [5.41, 5.74) is 1.10. The molecule has 0 saturated carbocycles. The Morgan fingerprint density at radius 2 is 2.00 bits per heavy atom. The van der Waals surface area contributed by atoms with E-state index in [1.165, 1.54) is 0 Å². The number of rotatable bonds is 3. The summed E-state index contributed by atoms with van der Waals surface area (Å²) in [5, 5.41) is 0.637. The number of anilines is 1. The minimum atomic E-state index is -4.26. The lowest BCUT2D eigenvalue weighted by Crippen LogP contribution is -2.15. The molecule has 2 N–H and O–H groups in total. The third-order valence-electron chi connectivity index (χ3n) is 3.79. The van der Waals surface area contributed by atoms with Crippen molar-refractivity contribution in [1.29, 1.82) is 0 Å². The summed E-state index contributed by atoms with van der Waals surface area (Å²) in [6.07, 6.45) is 2.84. The Kier molecular flexibility index (Phi) is 3.78. The summed E-state index contributed by atoms with van der Waals surface area (Å²) in [7, 11) is -4.26. The van der Waals surface area contributed by atoms with Gasteiger partial charge in [-0.15, -0.1) is 0 Å². The highest BCUT2D eigenvalue weighted by molar-refractivity contribution is 7.93. The number of aromatic amines is 1. The molecule has 26 heavy (non-hydrogen) atoms. The standard InChI is InChI=1S/C16H9ClF2N4O2S/c17-10-6-11(18)16(22-15(10)19)23-26(24,25)12-7-21-14-9(12)4-3-8-2-1-5-20-13(8)14/h1-7,20H,(H,22,23). The van der Waals surface area contributed by atoms with Gasteiger partial charge in [-0.05, 0) is 6.07 Å². The third-order valence-corrected chi connectivity index (χ3v) is 5.42. The molecule has 4 rings (SSSR count). The van der Waals surface area contributed by atoms with E-state index < -0.39 is 32.6 Å². The van der Waals surface area contributed by atoms with Gasteiger partial charge in [-0.25, -0.2) is 12.8 Å². The zero-order chi connectivity index (χ0) is 18.5. The van der Waals surface area contributed by atoms with Gasteiger partial charge < -0.3 is 4.98 Å². The number of benzene rings is 1. The maximum absolute atomic E-state index is 13.9. The number of H-pyrrole nitrogens is 1. The minimum Gasteiger partial charge on any atom is -0.359 e. The number of fused-ring (bicyclic) bond motifs is 3. The summed E-state index contributed by atoms with van der Waals surface area (Å²) in [6, 6.07) is 7.63. The molecular formula is C16H9ClF2N4O2S. The molecule has 3 heterocycles. The smallest absolute Gasteiger partial charge is 0.265 e. The van der Waals surface area contributed by atoms with Gasteiger partial charge in [-0.1, -0.05) is 29.8 Å². The SMILES string of the molecule is O=S(=O)(Nc1nc(F)c(Cl)cc1F)c1cnc2c1ccc1ccc[nH]c12. The summed E-state index contributed by atoms with van der Waals surface area (Å²) < 4.78 is 54.5. The van der Waals surface area contributed by atoms with E-state index in [1.807, 2.05) is 10.8 Å². The van der Waals surface area contributed by atoms with E-state index in [1.54, 1.807) is 24.4 Å². The van der Waals surface area contributed by atoms with Crippen molar-refractivity contribution in [2.75, 3.05) is 4.72 Å². The number of halogens is 3. The molecule has 0 amide bonds. The van der Waals surface area contributed by atoms with Crippen molar-refractivity contribution >= 4 is 49.2 Å². The highest BCUT2D eigenvalue weighted by atomic mass is 35.5. The summed E-state index contributed by atoms with van der Waals surface area (Å²) >= 11 is 5.42. The van der Waals surface area contributed by atoms with Gasteiger partial charge >= 0.3 is 0 Å². The lowest BCUT2D eigenvalue weighted by Gasteiger charge is -2.08. The maximum atomic E-state index is 13.9. The number of hydrogen-bond acceptors (Lipinski definition) is 4. The summed E-state index contributed by atoms with van der Waals surface area (Å²) in [5.74, 6) is -3.06. The zero-order valence-electron chi connectivity index (χ0n) is 12.8. The summed E-state index contributed by atoms with van der Waals surface area (Å²) in [6.45, 7) is 0. The number of hydrogen-bond donors (Lipinski definition) is 2. The first-order valence-corrected chi connectivity index (χ1v) is 9.12. The molecule has 0 aliphatic rings. The Morgan fingerprint density at radius 1 is 1.19 bits per heavy atom. The van der Waals surface area contributed by atoms with E-state index in [-0.39, 0.29) is 4.90 Å². The monoisotopic (exact) mass is 394 g/mol. The van der Waals surface area contributed by atoms with Crippen LogP contribution in [0.5, 0.6) is 0 Å². The van der Waals surface area contributed by atoms with E-state index in [4.69, 9.17) is 11.6 Å². The van der Waals surface area contributed by atoms with Crippen LogP contribution in [0.1, 0.15) is 0 Å². The van der Waals surface area contributed by atoms with E-state index in [2.05, 4.69) is 15.0 Å². The molecule has 0 bridgehead atoms. The van der Waals surface area contributed by atoms with Crippen molar-refractivity contribution in [3.8, 4) is 0 Å². The summed E-state index contributed by atoms with van der Waals surface area (Å²) in [4.78, 5) is 10.2. The van der Waals surface area contributed by atoms with Crippen LogP contribution in [0.15, 0.2) is 47.6 Å². The number of nitrogens with zero attached hydrogens (tertiary/aromatic N) is 2. The van der Waals surface area contributed by atoms with Crippen molar-refractivity contribution in [2.24, 2.45) is 0 Å². The predicted octanol–water partition coefficient (Wildman–Crippen LogP) is 3.84. The van der Waals surface area contributed by atoms with E-state index in [9.17, 15) is 17.2 Å². The van der Waals surface area contributed by atoms with Crippen LogP contribution in [0.4, 0.5) is 14.6 Å². The molecule has 0 radical (unpaired) electrons. The first-order valence-electron chi connectivity index (χ1n) is 7.26. The van der Waals surface area contributed by atoms with Gasteiger partial charge in [0.15, 0.2) is 11.6 Å². The molecule has 132 valence electrons. The van der Waals surface area contributed by atoms with Crippen LogP contribution >= 0.6 is 11.6 Å². The topological polar surface area (TPSA) is 87.7 Å². The molecule has 10 heteroatoms. The molecule has 0 spiro atoms. The van der Waals surface area contributed by atoms with E-state index in [0.29, 0.717) is 22.5 Å². The average molecular weight is 395 g/mol. The van der Waals surface area contributed by atoms with Crippen LogP contribution in [-0.2, 0) is 10.0 Å². The molecule has 6 nitrogen and oxygen atoms in total. The number of aromatic nitrogens is 3. The van der Waals surface area contributed by atoms with Gasteiger partial charge in [-0.3, -0.25) is 9.71 Å². The molecule has 0 atom stereocenters. The number of sulfonamides is 1. The average Bonchev–Trinajstić information content (AvgIpc) is 3.05. The first kappa shape index (κ1) is 16.7. The maximum Gasteiger partial charge on any atom is 0.265 e. The third kappa shape index (κ3) is 2.65. The van der Waals surface area contributed by atoms with Gasteiger partial charge in [0, 0.05) is 29.2 Å². The highest BCUT2D eigenvalue weighted by Gasteiger charge is 2.23. The predicted molar refractivity (Wildman–Crippen MR) is 93.6 cm³/mol. The second-order valence-corrected chi connectivity index (χ2v) is 7.47. The second-order valence-electron chi connectivity index (χ2n) is 5.42. The molecule has 0 fully saturated rings. The number of pyridine rings is 2. The molecule has 0 aliphatic heterocycles. The molecular weight excluding hydrogens is 386 g/mol. The van der Waals surface area contributed by atoms with Crippen molar-refractivity contribution in [2.45, 2.75) is 4.90 Å². The van der Waals surface area contributed by atoms with Crippen LogP contribution in [0.3, 0.4) is 0 Å². The molecule has 0 aliphatic carbocycles. The van der Waals surface area contributed by atoms with Crippen LogP contribution in [0, 0.1) is 11.8 Å². The molecule has 3 aromatic heterocycles. The van der Waals surface area contributed by atoms with Crippen LogP contribution < -0.4 is 4.72 Å². The Hall–Kier alpha value is -2.78. The van der Waals surface area contributed by atoms with E-state index >= 15 is 0 Å². The Labute approximate surface area is 150 Å².